The number of ether oxygens (including phenoxy) is 4. The van der Waals surface area contributed by atoms with Gasteiger partial charge in [-0.05, 0) is 67.1 Å². The Kier molecular flexibility index (Phi) is 9.36. The Labute approximate surface area is 266 Å². The summed E-state index contributed by atoms with van der Waals surface area (Å²) in [6, 6.07) is 0. The molecule has 258 valence electrons. The number of fused-ring (bicyclic) bond motifs is 7. The molecule has 6 aliphatic rings. The zero-order valence-electron chi connectivity index (χ0n) is 27.4. The molecule has 6 rings (SSSR count). The maximum absolute atomic E-state index is 11.9. The van der Waals surface area contributed by atoms with Crippen molar-refractivity contribution in [2.75, 3.05) is 20.3 Å². The van der Waals surface area contributed by atoms with Crippen molar-refractivity contribution in [1.82, 2.24) is 0 Å². The molecule has 11 nitrogen and oxygen atoms in total. The van der Waals surface area contributed by atoms with Crippen LogP contribution in [0.4, 0.5) is 0 Å². The van der Waals surface area contributed by atoms with Gasteiger partial charge in [0.15, 0.2) is 12.1 Å². The number of aliphatic hydroxyl groups excluding tert-OH is 7. The average molecular weight is 641 g/mol. The normalized spacial score (nSPS) is 54.9. The van der Waals surface area contributed by atoms with Gasteiger partial charge in [0.05, 0.1) is 37.6 Å². The molecular weight excluding hydrogens is 584 g/mol. The van der Waals surface area contributed by atoms with E-state index in [-0.39, 0.29) is 47.7 Å². The van der Waals surface area contributed by atoms with Gasteiger partial charge < -0.3 is 54.7 Å². The minimum absolute atomic E-state index is 0.00198. The molecular formula is C34H56O11. The summed E-state index contributed by atoms with van der Waals surface area (Å²) in [5.41, 5.74) is 0.421. The second-order valence-electron chi connectivity index (χ2n) is 15.8. The van der Waals surface area contributed by atoms with Gasteiger partial charge in [-0.3, -0.25) is 0 Å². The Balaban J connectivity index is 1.12. The van der Waals surface area contributed by atoms with E-state index in [2.05, 4.69) is 26.8 Å². The number of hydrogen-bond donors (Lipinski definition) is 7. The highest BCUT2D eigenvalue weighted by atomic mass is 16.7. The largest absolute Gasteiger partial charge is 0.394 e. The molecule has 18 atom stereocenters. The Morgan fingerprint density at radius 2 is 1.76 bits per heavy atom. The molecule has 0 amide bonds. The van der Waals surface area contributed by atoms with E-state index in [1.54, 1.807) is 7.11 Å². The fourth-order valence-corrected chi connectivity index (χ4v) is 11.1. The highest BCUT2D eigenvalue weighted by molar-refractivity contribution is 5.29. The first-order valence-electron chi connectivity index (χ1n) is 17.1. The predicted molar refractivity (Wildman–Crippen MR) is 161 cm³/mol. The van der Waals surface area contributed by atoms with E-state index < -0.39 is 66.8 Å². The summed E-state index contributed by atoms with van der Waals surface area (Å²) in [4.78, 5) is 0. The van der Waals surface area contributed by atoms with Crippen molar-refractivity contribution in [3.8, 4) is 0 Å². The van der Waals surface area contributed by atoms with E-state index in [0.29, 0.717) is 38.0 Å². The first-order chi connectivity index (χ1) is 21.2. The number of methoxy groups -OCH3 is 1. The molecule has 0 aromatic heterocycles. The van der Waals surface area contributed by atoms with Crippen molar-refractivity contribution in [3.63, 3.8) is 0 Å². The highest BCUT2D eigenvalue weighted by Crippen LogP contribution is 2.70. The highest BCUT2D eigenvalue weighted by Gasteiger charge is 2.70. The van der Waals surface area contributed by atoms with Gasteiger partial charge in [0.2, 0.25) is 0 Å². The maximum atomic E-state index is 11.9. The molecule has 0 aromatic carbocycles. The third-order valence-corrected chi connectivity index (χ3v) is 13.5. The lowest BCUT2D eigenvalue weighted by molar-refractivity contribution is -0.303. The molecule has 2 heterocycles. The lowest BCUT2D eigenvalue weighted by Gasteiger charge is -2.61. The van der Waals surface area contributed by atoms with Crippen LogP contribution in [-0.2, 0) is 18.9 Å². The second-order valence-corrected chi connectivity index (χ2v) is 15.8. The molecule has 2 aliphatic heterocycles. The Morgan fingerprint density at radius 1 is 1.02 bits per heavy atom. The molecule has 45 heavy (non-hydrogen) atoms. The van der Waals surface area contributed by atoms with Crippen LogP contribution in [0.2, 0.25) is 0 Å². The average Bonchev–Trinajstić information content (AvgIpc) is 3.44. The Bertz CT molecular complexity index is 1100. The quantitative estimate of drug-likeness (QED) is 0.189. The van der Waals surface area contributed by atoms with Crippen LogP contribution in [-0.4, -0.2) is 117 Å². The molecule has 0 bridgehead atoms. The fraction of sp³-hybridized carbons (Fsp3) is 0.941. The Morgan fingerprint density at radius 3 is 2.44 bits per heavy atom. The minimum atomic E-state index is -1.48. The van der Waals surface area contributed by atoms with Crippen LogP contribution in [0.5, 0.6) is 0 Å². The van der Waals surface area contributed by atoms with Gasteiger partial charge in [-0.25, -0.2) is 0 Å². The van der Waals surface area contributed by atoms with Crippen LogP contribution in [0, 0.1) is 46.3 Å². The zero-order valence-corrected chi connectivity index (χ0v) is 27.4. The first-order valence-corrected chi connectivity index (χ1v) is 17.1. The molecule has 3 saturated carbocycles. The molecule has 5 fully saturated rings. The van der Waals surface area contributed by atoms with Crippen LogP contribution < -0.4 is 0 Å². The van der Waals surface area contributed by atoms with Crippen molar-refractivity contribution in [2.45, 2.75) is 134 Å². The number of rotatable bonds is 8. The standard InChI is InChI=1S/C34H56O11/c1-16(15-43-31-30(41)29(40)28(39)24(14-35)44-31)8-9-34(42-5)17(2)26-23(45-34)12-21-20-7-6-18-10-19(36)11-25(38)33(18,4)27(20)22(37)13-32(21,26)3/h6,16-17,19-31,35-41H,7-15H2,1-5H3/t16-,17+,19-,20+,21+,22-,23+,24-,25-,26+,27-,28-,29+,30-,31-,32+,33-,34-/m1/s1. The summed E-state index contributed by atoms with van der Waals surface area (Å²) < 4.78 is 24.4. The zero-order chi connectivity index (χ0) is 32.6. The van der Waals surface area contributed by atoms with Crippen molar-refractivity contribution in [2.24, 2.45) is 46.3 Å². The van der Waals surface area contributed by atoms with Gasteiger partial charge in [-0.1, -0.05) is 39.3 Å². The van der Waals surface area contributed by atoms with E-state index in [1.165, 1.54) is 0 Å². The molecule has 4 aliphatic carbocycles. The maximum Gasteiger partial charge on any atom is 0.186 e. The smallest absolute Gasteiger partial charge is 0.186 e. The first kappa shape index (κ1) is 34.2. The fourth-order valence-electron chi connectivity index (χ4n) is 11.1. The van der Waals surface area contributed by atoms with Crippen LogP contribution >= 0.6 is 0 Å². The number of hydrogen-bond acceptors (Lipinski definition) is 11. The van der Waals surface area contributed by atoms with Crippen molar-refractivity contribution in [3.05, 3.63) is 11.6 Å². The van der Waals surface area contributed by atoms with Crippen LogP contribution in [0.1, 0.15) is 72.6 Å². The summed E-state index contributed by atoms with van der Waals surface area (Å²) in [5, 5.41) is 73.4. The second kappa shape index (κ2) is 12.3. The molecule has 7 N–H and O–H groups in total. The monoisotopic (exact) mass is 640 g/mol. The van der Waals surface area contributed by atoms with Crippen LogP contribution in [0.3, 0.4) is 0 Å². The third-order valence-electron chi connectivity index (χ3n) is 13.5. The van der Waals surface area contributed by atoms with Gasteiger partial charge in [0.1, 0.15) is 24.4 Å². The van der Waals surface area contributed by atoms with Crippen molar-refractivity contribution < 1.29 is 54.7 Å². The molecule has 0 spiro atoms. The summed E-state index contributed by atoms with van der Waals surface area (Å²) in [5.74, 6) is 0.0484. The van der Waals surface area contributed by atoms with Gasteiger partial charge in [0, 0.05) is 31.3 Å². The van der Waals surface area contributed by atoms with Gasteiger partial charge in [-0.2, -0.15) is 0 Å². The summed E-state index contributed by atoms with van der Waals surface area (Å²) in [6.07, 6.45) is -1.40. The lowest BCUT2D eigenvalue weighted by atomic mass is 9.45. The SMILES string of the molecule is CO[C@]1(CC[C@@H](C)CO[C@@H]2O[C@H](CO)[C@@H](O)[C@H](O)[C@H]2O)O[C@H]2C[C@H]3[C@@H]4CC=C5C[C@@H](O)C[C@@H](O)[C@]5(C)[C@H]4[C@H](O)C[C@]3(C)[C@H]2[C@@H]1C. The molecule has 0 unspecified atom stereocenters. The van der Waals surface area contributed by atoms with E-state index in [1.807, 2.05) is 6.92 Å². The predicted octanol–water partition coefficient (Wildman–Crippen LogP) is 1.09. The summed E-state index contributed by atoms with van der Waals surface area (Å²) in [7, 11) is 1.70. The van der Waals surface area contributed by atoms with E-state index >= 15 is 0 Å². The van der Waals surface area contributed by atoms with Gasteiger partial charge >= 0.3 is 0 Å². The topological polar surface area (TPSA) is 179 Å². The Hall–Kier alpha value is -0.700. The van der Waals surface area contributed by atoms with Crippen LogP contribution in [0.25, 0.3) is 0 Å². The number of aliphatic hydroxyl groups is 7. The van der Waals surface area contributed by atoms with Gasteiger partial charge in [-0.15, -0.1) is 0 Å². The molecule has 2 saturated heterocycles. The lowest BCUT2D eigenvalue weighted by Crippen LogP contribution is -2.60. The van der Waals surface area contributed by atoms with Crippen molar-refractivity contribution in [1.29, 1.82) is 0 Å². The van der Waals surface area contributed by atoms with E-state index in [9.17, 15) is 35.7 Å². The van der Waals surface area contributed by atoms with E-state index in [4.69, 9.17) is 18.9 Å². The number of allylic oxidation sites excluding steroid dienone is 1. The van der Waals surface area contributed by atoms with Crippen molar-refractivity contribution >= 4 is 0 Å². The third kappa shape index (κ3) is 5.28. The van der Waals surface area contributed by atoms with Gasteiger partial charge in [0.25, 0.3) is 0 Å². The molecule has 0 aromatic rings. The molecule has 11 heteroatoms. The van der Waals surface area contributed by atoms with E-state index in [0.717, 1.165) is 18.4 Å². The summed E-state index contributed by atoms with van der Waals surface area (Å²) >= 11 is 0. The summed E-state index contributed by atoms with van der Waals surface area (Å²) in [6.45, 7) is 8.39. The minimum Gasteiger partial charge on any atom is -0.394 e. The molecule has 0 radical (unpaired) electrons. The van der Waals surface area contributed by atoms with Crippen LogP contribution in [0.15, 0.2) is 11.6 Å².